The molecule has 1 aliphatic rings. The largest absolute Gasteiger partial charge is 0.363 e. The number of hydrogen-bond acceptors (Lipinski definition) is 2. The van der Waals surface area contributed by atoms with Crippen molar-refractivity contribution in [2.24, 2.45) is 0 Å². The summed E-state index contributed by atoms with van der Waals surface area (Å²) in [5, 5.41) is 11.9. The molecule has 0 aromatic heterocycles. The minimum atomic E-state index is -1.37. The lowest BCUT2D eigenvalue weighted by molar-refractivity contribution is -0.146. The number of benzene rings is 2. The molecule has 1 aliphatic heterocycles. The summed E-state index contributed by atoms with van der Waals surface area (Å²) < 4.78 is 0. The molecular weight excluding hydrogens is 322 g/mol. The summed E-state index contributed by atoms with van der Waals surface area (Å²) in [6, 6.07) is 19.5. The molecule has 0 saturated carbocycles. The third-order valence-electron chi connectivity index (χ3n) is 5.04. The van der Waals surface area contributed by atoms with Gasteiger partial charge in [0.05, 0.1) is 0 Å². The van der Waals surface area contributed by atoms with Crippen molar-refractivity contribution in [1.82, 2.24) is 4.90 Å². The van der Waals surface area contributed by atoms with Gasteiger partial charge in [0.1, 0.15) is 0 Å². The topological polar surface area (TPSA) is 40.5 Å². The molecule has 0 bridgehead atoms. The molecule has 26 heavy (non-hydrogen) atoms. The molecule has 136 valence electrons. The molecule has 3 rings (SSSR count). The lowest BCUT2D eigenvalue weighted by atomic mass is 9.89. The number of nitrogens with zero attached hydrogens (tertiary/aromatic N) is 1. The number of amides is 1. The van der Waals surface area contributed by atoms with E-state index in [0.29, 0.717) is 13.0 Å². The van der Waals surface area contributed by atoms with Gasteiger partial charge in [-0.25, -0.2) is 0 Å². The molecule has 0 fully saturated rings. The van der Waals surface area contributed by atoms with Crippen LogP contribution in [0, 0.1) is 0 Å². The summed E-state index contributed by atoms with van der Waals surface area (Å²) in [4.78, 5) is 14.9. The highest BCUT2D eigenvalue weighted by molar-refractivity contribution is 5.98. The van der Waals surface area contributed by atoms with Gasteiger partial charge in [-0.2, -0.15) is 0 Å². The van der Waals surface area contributed by atoms with Gasteiger partial charge in [-0.15, -0.1) is 0 Å². The minimum absolute atomic E-state index is 0.0366. The van der Waals surface area contributed by atoms with Crippen LogP contribution in [-0.2, 0) is 17.1 Å². The van der Waals surface area contributed by atoms with E-state index in [2.05, 4.69) is 13.8 Å². The summed E-state index contributed by atoms with van der Waals surface area (Å²) in [6.45, 7) is 4.56. The molecular formula is C23H27NO2. The standard InChI is InChI=1S/C23H27NO2/c1-3-11-20-21(12-4-2)23(26,19-15-9-6-10-16-19)24(22(20)25)17-18-13-7-5-8-14-18/h5-10,13-16,26H,3-4,11-12,17H2,1-2H3. The van der Waals surface area contributed by atoms with Gasteiger partial charge < -0.3 is 5.11 Å². The van der Waals surface area contributed by atoms with Crippen molar-refractivity contribution in [3.8, 4) is 0 Å². The fraction of sp³-hybridized carbons (Fsp3) is 0.348. The van der Waals surface area contributed by atoms with Crippen molar-refractivity contribution >= 4 is 5.91 Å². The number of aliphatic hydroxyl groups is 1. The Morgan fingerprint density at radius 3 is 2.04 bits per heavy atom. The highest BCUT2D eigenvalue weighted by Crippen LogP contribution is 2.45. The minimum Gasteiger partial charge on any atom is -0.363 e. The zero-order valence-corrected chi connectivity index (χ0v) is 15.6. The molecule has 3 nitrogen and oxygen atoms in total. The average Bonchev–Trinajstić information content (AvgIpc) is 2.87. The van der Waals surface area contributed by atoms with Crippen molar-refractivity contribution in [2.75, 3.05) is 0 Å². The quantitative estimate of drug-likeness (QED) is 0.782. The summed E-state index contributed by atoms with van der Waals surface area (Å²) in [5.41, 5.74) is 2.07. The molecule has 1 heterocycles. The normalized spacial score (nSPS) is 20.1. The first kappa shape index (κ1) is 18.4. The van der Waals surface area contributed by atoms with Crippen LogP contribution in [0.2, 0.25) is 0 Å². The summed E-state index contributed by atoms with van der Waals surface area (Å²) in [7, 11) is 0. The molecule has 0 spiro atoms. The van der Waals surface area contributed by atoms with Crippen molar-refractivity contribution in [1.29, 1.82) is 0 Å². The SMILES string of the molecule is CCCC1=C(CCC)C(O)(c2ccccc2)N(Cc2ccccc2)C1=O. The Morgan fingerprint density at radius 2 is 1.46 bits per heavy atom. The Bertz CT molecular complexity index is 782. The fourth-order valence-corrected chi connectivity index (χ4v) is 3.85. The maximum atomic E-state index is 13.3. The molecule has 0 aliphatic carbocycles. The molecule has 1 amide bonds. The molecule has 1 atom stereocenters. The Balaban J connectivity index is 2.12. The van der Waals surface area contributed by atoms with Crippen molar-refractivity contribution in [3.05, 3.63) is 82.9 Å². The van der Waals surface area contributed by atoms with Crippen LogP contribution in [0.5, 0.6) is 0 Å². The summed E-state index contributed by atoms with van der Waals surface area (Å²) >= 11 is 0. The second kappa shape index (κ2) is 7.88. The van der Waals surface area contributed by atoms with Crippen molar-refractivity contribution in [3.63, 3.8) is 0 Å². The molecule has 2 aromatic carbocycles. The molecule has 0 radical (unpaired) electrons. The van der Waals surface area contributed by atoms with Crippen LogP contribution >= 0.6 is 0 Å². The Hall–Kier alpha value is -2.39. The van der Waals surface area contributed by atoms with Gasteiger partial charge >= 0.3 is 0 Å². The van der Waals surface area contributed by atoms with Crippen LogP contribution in [0.4, 0.5) is 0 Å². The van der Waals surface area contributed by atoms with Gasteiger partial charge in [0.25, 0.3) is 5.91 Å². The van der Waals surface area contributed by atoms with Gasteiger partial charge in [-0.1, -0.05) is 87.4 Å². The zero-order valence-electron chi connectivity index (χ0n) is 15.6. The highest BCUT2D eigenvalue weighted by Gasteiger charge is 2.50. The predicted molar refractivity (Wildman–Crippen MR) is 104 cm³/mol. The first-order valence-electron chi connectivity index (χ1n) is 9.49. The van der Waals surface area contributed by atoms with Gasteiger partial charge in [0.15, 0.2) is 5.72 Å². The number of carbonyl (C=O) groups is 1. The molecule has 0 saturated heterocycles. The van der Waals surface area contributed by atoms with Crippen LogP contribution < -0.4 is 0 Å². The second-order valence-corrected chi connectivity index (χ2v) is 6.87. The number of hydrogen-bond donors (Lipinski definition) is 1. The molecule has 1 N–H and O–H groups in total. The molecule has 2 aromatic rings. The molecule has 1 unspecified atom stereocenters. The van der Waals surface area contributed by atoms with E-state index in [-0.39, 0.29) is 5.91 Å². The lowest BCUT2D eigenvalue weighted by Gasteiger charge is -2.37. The van der Waals surface area contributed by atoms with Crippen molar-refractivity contribution < 1.29 is 9.90 Å². The monoisotopic (exact) mass is 349 g/mol. The Morgan fingerprint density at radius 1 is 0.885 bits per heavy atom. The molecule has 3 heteroatoms. The first-order valence-corrected chi connectivity index (χ1v) is 9.49. The van der Waals surface area contributed by atoms with E-state index in [0.717, 1.165) is 41.5 Å². The van der Waals surface area contributed by atoms with E-state index < -0.39 is 5.72 Å². The zero-order chi connectivity index (χ0) is 18.6. The summed E-state index contributed by atoms with van der Waals surface area (Å²) in [5.74, 6) is -0.0366. The smallest absolute Gasteiger partial charge is 0.252 e. The van der Waals surface area contributed by atoms with Gasteiger partial charge in [0.2, 0.25) is 0 Å². The third kappa shape index (κ3) is 3.19. The van der Waals surface area contributed by atoms with Crippen LogP contribution in [0.15, 0.2) is 71.8 Å². The highest BCUT2D eigenvalue weighted by atomic mass is 16.3. The van der Waals surface area contributed by atoms with Crippen molar-refractivity contribution in [2.45, 2.75) is 51.8 Å². The predicted octanol–water partition coefficient (Wildman–Crippen LogP) is 4.77. The lowest BCUT2D eigenvalue weighted by Crippen LogP contribution is -2.45. The maximum absolute atomic E-state index is 13.3. The maximum Gasteiger partial charge on any atom is 0.252 e. The third-order valence-corrected chi connectivity index (χ3v) is 5.04. The van der Waals surface area contributed by atoms with Crippen LogP contribution in [0.3, 0.4) is 0 Å². The first-order chi connectivity index (χ1) is 12.6. The number of carbonyl (C=O) groups excluding carboxylic acids is 1. The van der Waals surface area contributed by atoms with E-state index in [1.54, 1.807) is 4.90 Å². The Kier molecular flexibility index (Phi) is 5.58. The van der Waals surface area contributed by atoms with Crippen LogP contribution in [-0.4, -0.2) is 15.9 Å². The fourth-order valence-electron chi connectivity index (χ4n) is 3.85. The van der Waals surface area contributed by atoms with Crippen LogP contribution in [0.1, 0.15) is 50.7 Å². The van der Waals surface area contributed by atoms with Gasteiger partial charge in [0, 0.05) is 17.7 Å². The van der Waals surface area contributed by atoms with Crippen LogP contribution in [0.25, 0.3) is 0 Å². The van der Waals surface area contributed by atoms with E-state index >= 15 is 0 Å². The second-order valence-electron chi connectivity index (χ2n) is 6.87. The van der Waals surface area contributed by atoms with Gasteiger partial charge in [-0.05, 0) is 24.0 Å². The number of rotatable bonds is 7. The van der Waals surface area contributed by atoms with E-state index in [1.165, 1.54) is 0 Å². The Labute approximate surface area is 156 Å². The van der Waals surface area contributed by atoms with E-state index in [4.69, 9.17) is 0 Å². The van der Waals surface area contributed by atoms with Gasteiger partial charge in [-0.3, -0.25) is 9.69 Å². The average molecular weight is 349 g/mol. The summed E-state index contributed by atoms with van der Waals surface area (Å²) in [6.07, 6.45) is 3.20. The van der Waals surface area contributed by atoms with E-state index in [1.807, 2.05) is 60.7 Å². The van der Waals surface area contributed by atoms with E-state index in [9.17, 15) is 9.90 Å².